The maximum Gasteiger partial charge on any atom is 0.573 e. The Labute approximate surface area is 198 Å². The molecule has 1 amide bonds. The van der Waals surface area contributed by atoms with Crippen molar-refractivity contribution in [2.75, 3.05) is 18.9 Å². The van der Waals surface area contributed by atoms with Crippen LogP contribution >= 0.6 is 0 Å². The van der Waals surface area contributed by atoms with Crippen molar-refractivity contribution in [3.8, 4) is 5.75 Å². The summed E-state index contributed by atoms with van der Waals surface area (Å²) in [6, 6.07) is 6.95. The van der Waals surface area contributed by atoms with Gasteiger partial charge in [-0.15, -0.1) is 13.2 Å². The summed E-state index contributed by atoms with van der Waals surface area (Å²) in [4.78, 5) is 24.0. The maximum absolute atomic E-state index is 13.7. The number of carbonyl (C=O) groups excluding carboxylic acids is 1. The van der Waals surface area contributed by atoms with Gasteiger partial charge < -0.3 is 24.8 Å². The summed E-state index contributed by atoms with van der Waals surface area (Å²) < 4.78 is 52.8. The molecular weight excluding hydrogens is 465 g/mol. The molecule has 0 saturated carbocycles. The molecule has 0 bridgehead atoms. The van der Waals surface area contributed by atoms with E-state index >= 15 is 0 Å². The van der Waals surface area contributed by atoms with E-state index in [0.717, 1.165) is 22.7 Å². The highest BCUT2D eigenvalue weighted by Crippen LogP contribution is 2.38. The molecule has 2 aliphatic heterocycles. The van der Waals surface area contributed by atoms with Crippen molar-refractivity contribution in [2.45, 2.75) is 45.0 Å². The zero-order valence-corrected chi connectivity index (χ0v) is 19.0. The van der Waals surface area contributed by atoms with E-state index in [9.17, 15) is 18.0 Å². The van der Waals surface area contributed by atoms with E-state index in [0.29, 0.717) is 35.8 Å². The molecule has 2 N–H and O–H groups in total. The average molecular weight is 488 g/mol. The molecule has 11 heteroatoms. The largest absolute Gasteiger partial charge is 0.573 e. The van der Waals surface area contributed by atoms with Crippen molar-refractivity contribution in [3.63, 3.8) is 0 Å². The number of pyridine rings is 2. The Bertz CT molecular complexity index is 1280. The molecule has 8 nitrogen and oxygen atoms in total. The number of morpholine rings is 1. The van der Waals surface area contributed by atoms with Crippen LogP contribution in [-0.4, -0.2) is 46.4 Å². The van der Waals surface area contributed by atoms with Crippen LogP contribution in [-0.2, 0) is 16.1 Å². The molecule has 3 atom stereocenters. The lowest BCUT2D eigenvalue weighted by Crippen LogP contribution is -2.49. The lowest BCUT2D eigenvalue weighted by molar-refractivity contribution is -0.274. The average Bonchev–Trinajstić information content (AvgIpc) is 3.20. The van der Waals surface area contributed by atoms with Gasteiger partial charge in [0.2, 0.25) is 0 Å². The van der Waals surface area contributed by atoms with E-state index in [1.807, 2.05) is 13.8 Å². The van der Waals surface area contributed by atoms with E-state index in [-0.39, 0.29) is 24.7 Å². The number of carbonyl (C=O) groups is 1. The highest BCUT2D eigenvalue weighted by Gasteiger charge is 2.36. The summed E-state index contributed by atoms with van der Waals surface area (Å²) in [5.74, 6) is -0.263. The predicted octanol–water partition coefficient (Wildman–Crippen LogP) is 4.30. The van der Waals surface area contributed by atoms with Crippen LogP contribution in [0.2, 0.25) is 0 Å². The van der Waals surface area contributed by atoms with Gasteiger partial charge in [0.05, 0.1) is 55.4 Å². The van der Waals surface area contributed by atoms with Gasteiger partial charge in [0.1, 0.15) is 11.6 Å². The fourth-order valence-electron chi connectivity index (χ4n) is 4.72. The Kier molecular flexibility index (Phi) is 5.76. The molecule has 0 radical (unpaired) electrons. The molecule has 0 spiro atoms. The first-order chi connectivity index (χ1) is 16.6. The van der Waals surface area contributed by atoms with Gasteiger partial charge in [-0.2, -0.15) is 0 Å². The van der Waals surface area contributed by atoms with Gasteiger partial charge in [-0.05, 0) is 49.7 Å². The smallest absolute Gasteiger partial charge is 0.404 e. The second-order valence-corrected chi connectivity index (χ2v) is 8.66. The SMILES string of the molecule is C[C@H]1OCc2c1c(N)nc1ccc(C(=O)N3[C@@H](C)COC[C@H]3c3ccc(OC(F)(F)F)cn3)cc21. The molecule has 4 heterocycles. The number of hydrogen-bond acceptors (Lipinski definition) is 7. The molecule has 1 aromatic carbocycles. The number of alkyl halides is 3. The van der Waals surface area contributed by atoms with Crippen LogP contribution in [0.15, 0.2) is 36.5 Å². The number of nitrogens with two attached hydrogens (primary N) is 1. The minimum absolute atomic E-state index is 0.162. The van der Waals surface area contributed by atoms with E-state index in [1.165, 1.54) is 12.1 Å². The number of nitrogen functional groups attached to an aromatic ring is 1. The predicted molar refractivity (Wildman–Crippen MR) is 119 cm³/mol. The quantitative estimate of drug-likeness (QED) is 0.587. The number of ether oxygens (including phenoxy) is 3. The van der Waals surface area contributed by atoms with Crippen LogP contribution in [0.3, 0.4) is 0 Å². The van der Waals surface area contributed by atoms with Gasteiger partial charge in [-0.25, -0.2) is 4.98 Å². The normalized spacial score (nSPS) is 22.3. The van der Waals surface area contributed by atoms with Gasteiger partial charge in [0.15, 0.2) is 0 Å². The van der Waals surface area contributed by atoms with Gasteiger partial charge in [0.25, 0.3) is 5.91 Å². The standard InChI is InChI=1S/C24H23F3N4O4/c1-12-9-33-11-20(19-6-4-15(8-29-19)35-24(25,26)27)31(12)23(32)14-3-5-18-16(7-14)17-10-34-13(2)21(17)22(28)30-18/h3-8,12-13,20H,9-11H2,1-2H3,(H2,28,30)/t12-,13+,20-/m0/s1. The second-order valence-electron chi connectivity index (χ2n) is 8.66. The number of hydrogen-bond donors (Lipinski definition) is 1. The van der Waals surface area contributed by atoms with Crippen molar-refractivity contribution in [2.24, 2.45) is 0 Å². The number of anilines is 1. The Morgan fingerprint density at radius 3 is 2.71 bits per heavy atom. The van der Waals surface area contributed by atoms with Gasteiger partial charge in [-0.1, -0.05) is 0 Å². The van der Waals surface area contributed by atoms with Crippen LogP contribution in [0.4, 0.5) is 19.0 Å². The minimum Gasteiger partial charge on any atom is -0.404 e. The highest BCUT2D eigenvalue weighted by molar-refractivity contribution is 5.99. The highest BCUT2D eigenvalue weighted by atomic mass is 19.4. The van der Waals surface area contributed by atoms with Crippen LogP contribution in [0.25, 0.3) is 10.9 Å². The number of fused-ring (bicyclic) bond motifs is 3. The first-order valence-electron chi connectivity index (χ1n) is 11.1. The molecule has 2 aromatic heterocycles. The fourth-order valence-corrected chi connectivity index (χ4v) is 4.72. The summed E-state index contributed by atoms with van der Waals surface area (Å²) in [6.07, 6.45) is -4.01. The topological polar surface area (TPSA) is 99.8 Å². The minimum atomic E-state index is -4.81. The molecule has 0 unspecified atom stereocenters. The Balaban J connectivity index is 1.48. The van der Waals surface area contributed by atoms with Crippen LogP contribution in [0.1, 0.15) is 53.2 Å². The molecule has 35 heavy (non-hydrogen) atoms. The Morgan fingerprint density at radius 2 is 2.00 bits per heavy atom. The number of halogens is 3. The Hall–Kier alpha value is -3.44. The molecule has 1 saturated heterocycles. The molecule has 0 aliphatic carbocycles. The summed E-state index contributed by atoms with van der Waals surface area (Å²) in [7, 11) is 0. The number of amides is 1. The second kappa shape index (κ2) is 8.65. The summed E-state index contributed by atoms with van der Waals surface area (Å²) in [6.45, 7) is 4.62. The van der Waals surface area contributed by atoms with Crippen LogP contribution < -0.4 is 10.5 Å². The Morgan fingerprint density at radius 1 is 1.20 bits per heavy atom. The number of rotatable bonds is 3. The third-order valence-corrected chi connectivity index (χ3v) is 6.31. The summed E-state index contributed by atoms with van der Waals surface area (Å²) in [5, 5.41) is 0.800. The van der Waals surface area contributed by atoms with E-state index < -0.39 is 18.2 Å². The van der Waals surface area contributed by atoms with Crippen molar-refractivity contribution in [3.05, 3.63) is 58.9 Å². The molecule has 2 aliphatic rings. The van der Waals surface area contributed by atoms with Crippen LogP contribution in [0.5, 0.6) is 5.75 Å². The number of aromatic nitrogens is 2. The third kappa shape index (κ3) is 4.37. The lowest BCUT2D eigenvalue weighted by atomic mass is 9.99. The monoisotopic (exact) mass is 488 g/mol. The maximum atomic E-state index is 13.7. The van der Waals surface area contributed by atoms with E-state index in [1.54, 1.807) is 23.1 Å². The van der Waals surface area contributed by atoms with Crippen LogP contribution in [0, 0.1) is 0 Å². The molecule has 1 fully saturated rings. The molecule has 5 rings (SSSR count). The van der Waals surface area contributed by atoms with E-state index in [4.69, 9.17) is 15.2 Å². The van der Waals surface area contributed by atoms with Gasteiger partial charge in [0, 0.05) is 16.5 Å². The van der Waals surface area contributed by atoms with Gasteiger partial charge in [-0.3, -0.25) is 9.78 Å². The molecule has 3 aromatic rings. The number of nitrogens with zero attached hydrogens (tertiary/aromatic N) is 3. The first-order valence-corrected chi connectivity index (χ1v) is 11.1. The van der Waals surface area contributed by atoms with Crippen molar-refractivity contribution >= 4 is 22.6 Å². The van der Waals surface area contributed by atoms with Crippen molar-refractivity contribution in [1.29, 1.82) is 0 Å². The summed E-state index contributed by atoms with van der Waals surface area (Å²) >= 11 is 0. The number of benzene rings is 1. The molecular formula is C24H23F3N4O4. The first kappa shape index (κ1) is 23.3. The van der Waals surface area contributed by atoms with Gasteiger partial charge >= 0.3 is 6.36 Å². The zero-order chi connectivity index (χ0) is 24.9. The van der Waals surface area contributed by atoms with Crippen molar-refractivity contribution < 1.29 is 32.2 Å². The lowest BCUT2D eigenvalue weighted by Gasteiger charge is -2.40. The third-order valence-electron chi connectivity index (χ3n) is 6.31. The summed E-state index contributed by atoms with van der Waals surface area (Å²) in [5.41, 5.74) is 9.40. The molecule has 184 valence electrons. The zero-order valence-electron chi connectivity index (χ0n) is 19.0. The fraction of sp³-hybridized carbons (Fsp3) is 0.375. The van der Waals surface area contributed by atoms with Crippen molar-refractivity contribution in [1.82, 2.24) is 14.9 Å². The van der Waals surface area contributed by atoms with E-state index in [2.05, 4.69) is 14.7 Å².